The normalized spacial score (nSPS) is 18.9. The van der Waals surface area contributed by atoms with Gasteiger partial charge in [-0.1, -0.05) is 11.6 Å². The first kappa shape index (κ1) is 22.3. The second kappa shape index (κ2) is 8.93. The lowest BCUT2D eigenvalue weighted by Crippen LogP contribution is -2.48. The lowest BCUT2D eigenvalue weighted by molar-refractivity contribution is -0.137. The molecule has 0 radical (unpaired) electrons. The molecule has 1 unspecified atom stereocenters. The minimum Gasteiger partial charge on any atom is -0.353 e. The van der Waals surface area contributed by atoms with E-state index < -0.39 is 11.7 Å². The Morgan fingerprint density at radius 2 is 1.94 bits per heavy atom. The second-order valence-electron chi connectivity index (χ2n) is 7.98. The Morgan fingerprint density at radius 1 is 1.16 bits per heavy atom. The summed E-state index contributed by atoms with van der Waals surface area (Å²) in [5.41, 5.74) is -0.552. The summed E-state index contributed by atoms with van der Waals surface area (Å²) >= 11 is 6.07. The van der Waals surface area contributed by atoms with Crippen LogP contribution in [0.5, 0.6) is 0 Å². The van der Waals surface area contributed by atoms with E-state index in [0.717, 1.165) is 25.1 Å². The largest absolute Gasteiger partial charge is 0.417 e. The molecular weight excluding hydrogens is 447 g/mol. The fraction of sp³-hybridized carbons (Fsp3) is 0.429. The molecule has 1 atom stereocenters. The second-order valence-corrected chi connectivity index (χ2v) is 8.39. The number of halogens is 4. The number of alkyl halides is 3. The Kier molecular flexibility index (Phi) is 6.23. The number of hydrogen-bond donors (Lipinski definition) is 2. The fourth-order valence-corrected chi connectivity index (χ4v) is 3.87. The molecule has 4 rings (SSSR count). The van der Waals surface area contributed by atoms with E-state index in [0.29, 0.717) is 37.3 Å². The Labute approximate surface area is 187 Å². The van der Waals surface area contributed by atoms with Crippen LogP contribution < -0.4 is 15.5 Å². The van der Waals surface area contributed by atoms with Crippen LogP contribution in [0.4, 0.5) is 24.8 Å². The van der Waals surface area contributed by atoms with E-state index in [9.17, 15) is 22.8 Å². The van der Waals surface area contributed by atoms with Crippen molar-refractivity contribution in [1.82, 2.24) is 15.3 Å². The lowest BCUT2D eigenvalue weighted by Gasteiger charge is -2.34. The van der Waals surface area contributed by atoms with Gasteiger partial charge < -0.3 is 15.5 Å². The maximum atomic E-state index is 12.9. The molecule has 170 valence electrons. The monoisotopic (exact) mass is 467 g/mol. The number of carbonyl (C=O) groups excluding carboxylic acids is 2. The first-order chi connectivity index (χ1) is 15.2. The Morgan fingerprint density at radius 3 is 2.62 bits per heavy atom. The van der Waals surface area contributed by atoms with Gasteiger partial charge in [0, 0.05) is 43.0 Å². The van der Waals surface area contributed by atoms with Gasteiger partial charge in [0.25, 0.3) is 5.91 Å². The van der Waals surface area contributed by atoms with E-state index >= 15 is 0 Å². The summed E-state index contributed by atoms with van der Waals surface area (Å²) in [5, 5.41) is 5.56. The fourth-order valence-electron chi connectivity index (χ4n) is 3.59. The van der Waals surface area contributed by atoms with Crippen molar-refractivity contribution in [2.75, 3.05) is 23.3 Å². The molecule has 2 fully saturated rings. The smallest absolute Gasteiger partial charge is 0.353 e. The zero-order valence-electron chi connectivity index (χ0n) is 17.0. The molecule has 7 nitrogen and oxygen atoms in total. The van der Waals surface area contributed by atoms with Gasteiger partial charge in [-0.05, 0) is 43.9 Å². The predicted molar refractivity (Wildman–Crippen MR) is 113 cm³/mol. The highest BCUT2D eigenvalue weighted by atomic mass is 35.5. The van der Waals surface area contributed by atoms with Crippen LogP contribution in [-0.4, -0.2) is 40.9 Å². The molecule has 0 aromatic carbocycles. The van der Waals surface area contributed by atoms with E-state index in [1.165, 1.54) is 12.3 Å². The van der Waals surface area contributed by atoms with Gasteiger partial charge in [0.1, 0.15) is 11.6 Å². The molecule has 2 aliphatic rings. The van der Waals surface area contributed by atoms with Crippen molar-refractivity contribution in [3.8, 4) is 0 Å². The van der Waals surface area contributed by atoms with Crippen LogP contribution >= 0.6 is 11.6 Å². The third kappa shape index (κ3) is 5.29. The third-order valence-electron chi connectivity index (χ3n) is 5.43. The van der Waals surface area contributed by atoms with Gasteiger partial charge >= 0.3 is 6.18 Å². The Bertz CT molecular complexity index is 1030. The Balaban J connectivity index is 1.40. The number of piperidine rings is 1. The number of anilines is 2. The highest BCUT2D eigenvalue weighted by Gasteiger charge is 2.33. The highest BCUT2D eigenvalue weighted by Crippen LogP contribution is 2.34. The van der Waals surface area contributed by atoms with E-state index in [1.54, 1.807) is 11.0 Å². The first-order valence-corrected chi connectivity index (χ1v) is 10.6. The summed E-state index contributed by atoms with van der Waals surface area (Å²) in [6, 6.07) is 3.69. The number of hydrogen-bond acceptors (Lipinski definition) is 5. The van der Waals surface area contributed by atoms with Crippen molar-refractivity contribution in [3.63, 3.8) is 0 Å². The summed E-state index contributed by atoms with van der Waals surface area (Å²) in [7, 11) is 0. The molecule has 2 N–H and O–H groups in total. The van der Waals surface area contributed by atoms with Crippen LogP contribution in [0, 0.1) is 5.92 Å². The molecule has 2 aromatic rings. The lowest BCUT2D eigenvalue weighted by atomic mass is 10.0. The summed E-state index contributed by atoms with van der Waals surface area (Å²) in [4.78, 5) is 34.4. The zero-order chi connectivity index (χ0) is 22.9. The number of pyridine rings is 2. The average Bonchev–Trinajstić information content (AvgIpc) is 3.59. The number of nitrogens with one attached hydrogen (secondary N) is 2. The molecule has 2 aromatic heterocycles. The predicted octanol–water partition coefficient (Wildman–Crippen LogP) is 3.90. The molecule has 1 saturated carbocycles. The number of carbonyl (C=O) groups is 2. The van der Waals surface area contributed by atoms with Gasteiger partial charge in [0.15, 0.2) is 0 Å². The minimum absolute atomic E-state index is 0.0214. The summed E-state index contributed by atoms with van der Waals surface area (Å²) < 4.78 is 38.6. The van der Waals surface area contributed by atoms with Crippen molar-refractivity contribution < 1.29 is 22.8 Å². The van der Waals surface area contributed by atoms with E-state index in [1.807, 2.05) is 0 Å². The molecule has 1 saturated heterocycles. The van der Waals surface area contributed by atoms with Gasteiger partial charge in [-0.2, -0.15) is 13.2 Å². The highest BCUT2D eigenvalue weighted by molar-refractivity contribution is 6.33. The van der Waals surface area contributed by atoms with Crippen LogP contribution in [0.2, 0.25) is 5.02 Å². The summed E-state index contributed by atoms with van der Waals surface area (Å²) in [6.45, 7) is 0.928. The number of rotatable bonds is 5. The molecule has 1 aliphatic carbocycles. The zero-order valence-corrected chi connectivity index (χ0v) is 17.7. The molecule has 3 heterocycles. The van der Waals surface area contributed by atoms with Crippen molar-refractivity contribution in [2.45, 2.75) is 37.9 Å². The van der Waals surface area contributed by atoms with Gasteiger partial charge in [-0.3, -0.25) is 9.59 Å². The first-order valence-electron chi connectivity index (χ1n) is 10.3. The van der Waals surface area contributed by atoms with Crippen molar-refractivity contribution in [1.29, 1.82) is 0 Å². The maximum Gasteiger partial charge on any atom is 0.417 e. The number of aromatic nitrogens is 2. The molecule has 32 heavy (non-hydrogen) atoms. The van der Waals surface area contributed by atoms with E-state index in [2.05, 4.69) is 20.6 Å². The molecule has 2 amide bonds. The van der Waals surface area contributed by atoms with Gasteiger partial charge in [-0.25, -0.2) is 9.97 Å². The van der Waals surface area contributed by atoms with Crippen molar-refractivity contribution in [3.05, 3.63) is 46.7 Å². The number of nitrogens with zero attached hydrogens (tertiary/aromatic N) is 3. The van der Waals surface area contributed by atoms with Crippen LogP contribution in [-0.2, 0) is 11.0 Å². The molecule has 0 bridgehead atoms. The third-order valence-corrected chi connectivity index (χ3v) is 5.70. The maximum absolute atomic E-state index is 12.9. The molecule has 0 spiro atoms. The van der Waals surface area contributed by atoms with Crippen LogP contribution in [0.1, 0.15) is 41.6 Å². The molecule has 11 heteroatoms. The van der Waals surface area contributed by atoms with Crippen molar-refractivity contribution in [2.24, 2.45) is 5.92 Å². The molecular formula is C21H21ClF3N5O2. The van der Waals surface area contributed by atoms with Gasteiger partial charge in [0.2, 0.25) is 5.91 Å². The van der Waals surface area contributed by atoms with Crippen LogP contribution in [0.25, 0.3) is 0 Å². The summed E-state index contributed by atoms with van der Waals surface area (Å²) in [5.74, 6) is 0.174. The van der Waals surface area contributed by atoms with E-state index in [4.69, 9.17) is 11.6 Å². The summed E-state index contributed by atoms with van der Waals surface area (Å²) in [6.07, 6.45) is 0.841. The Hall–Kier alpha value is -2.88. The SMILES string of the molecule is O=C(NC1CCCN(c2ncc(C(F)(F)F)cc2Cl)C1)c1ccnc(NC(=O)C2CC2)c1. The number of amides is 2. The van der Waals surface area contributed by atoms with Gasteiger partial charge in [-0.15, -0.1) is 0 Å². The van der Waals surface area contributed by atoms with Gasteiger partial charge in [0.05, 0.1) is 10.6 Å². The van der Waals surface area contributed by atoms with E-state index in [-0.39, 0.29) is 34.6 Å². The van der Waals surface area contributed by atoms with Crippen molar-refractivity contribution >= 4 is 35.1 Å². The topological polar surface area (TPSA) is 87.2 Å². The quantitative estimate of drug-likeness (QED) is 0.696. The van der Waals surface area contributed by atoms with Crippen LogP contribution in [0.15, 0.2) is 30.6 Å². The molecule has 1 aliphatic heterocycles. The van der Waals surface area contributed by atoms with Crippen LogP contribution in [0.3, 0.4) is 0 Å². The standard InChI is InChI=1S/C21H21ClF3N5O2/c22-16-9-14(21(23,24)25)10-27-18(16)30-7-1-2-15(11-30)28-20(32)13-5-6-26-17(8-13)29-19(31)12-3-4-12/h5-6,8-10,12,15H,1-4,7,11H2,(H,28,32)(H,26,29,31). The average molecular weight is 468 g/mol. The minimum atomic E-state index is -4.52.